The zero-order chi connectivity index (χ0) is 10.5. The van der Waals surface area contributed by atoms with E-state index in [0.717, 1.165) is 0 Å². The third kappa shape index (κ3) is 2.92. The molecule has 1 nitrogen and oxygen atoms in total. The van der Waals surface area contributed by atoms with Gasteiger partial charge in [-0.2, -0.15) is 0 Å². The summed E-state index contributed by atoms with van der Waals surface area (Å²) in [4.78, 5) is 0. The fourth-order valence-corrected chi connectivity index (χ4v) is 3.47. The molecule has 81 valence electrons. The van der Waals surface area contributed by atoms with Crippen LogP contribution in [0.3, 0.4) is 0 Å². The summed E-state index contributed by atoms with van der Waals surface area (Å²) in [5.74, 6) is 0. The Bertz CT molecular complexity index is 399. The zero-order valence-corrected chi connectivity index (χ0v) is 10.1. The van der Waals surface area contributed by atoms with Crippen LogP contribution in [0.4, 0.5) is 5.69 Å². The van der Waals surface area contributed by atoms with Crippen molar-refractivity contribution in [3.8, 4) is 0 Å². The van der Waals surface area contributed by atoms with Crippen LogP contribution in [0.5, 0.6) is 0 Å². The number of rotatable bonds is 3. The summed E-state index contributed by atoms with van der Waals surface area (Å²) >= 11 is -0.817. The molecular formula is C13H14NPd. The summed E-state index contributed by atoms with van der Waals surface area (Å²) < 4.78 is 5.00. The van der Waals surface area contributed by atoms with Crippen molar-refractivity contribution in [2.45, 2.75) is 5.40 Å². The van der Waals surface area contributed by atoms with E-state index >= 15 is 0 Å². The molecule has 2 rings (SSSR count). The van der Waals surface area contributed by atoms with Gasteiger partial charge in [-0.25, -0.2) is 0 Å². The Hall–Kier alpha value is -1.10. The first-order chi connectivity index (χ1) is 7.36. The molecule has 0 aromatic heterocycles. The topological polar surface area (TPSA) is 12.0 Å². The van der Waals surface area contributed by atoms with Gasteiger partial charge in [0.1, 0.15) is 0 Å². The Morgan fingerprint density at radius 2 is 1.33 bits per heavy atom. The molecule has 0 spiro atoms. The molecule has 0 radical (unpaired) electrons. The summed E-state index contributed by atoms with van der Waals surface area (Å²) in [7, 11) is 0. The maximum absolute atomic E-state index is 3.57. The minimum atomic E-state index is -0.817. The van der Waals surface area contributed by atoms with Gasteiger partial charge in [-0.1, -0.05) is 0 Å². The molecule has 0 unspecified atom stereocenters. The summed E-state index contributed by atoms with van der Waals surface area (Å²) in [6, 6.07) is 21.0. The second-order valence-electron chi connectivity index (χ2n) is 3.10. The Labute approximate surface area is 96.7 Å². The van der Waals surface area contributed by atoms with Crippen LogP contribution in [-0.2, 0) is 17.0 Å². The van der Waals surface area contributed by atoms with Crippen LogP contribution in [0, 0.1) is 0 Å². The van der Waals surface area contributed by atoms with Gasteiger partial charge in [0.2, 0.25) is 0 Å². The van der Waals surface area contributed by atoms with Gasteiger partial charge in [0.15, 0.2) is 0 Å². The van der Waals surface area contributed by atoms with Crippen LogP contribution in [0.2, 0.25) is 5.40 Å². The first kappa shape index (κ1) is 10.4. The van der Waals surface area contributed by atoms with Crippen molar-refractivity contribution in [2.75, 3.05) is 3.95 Å². The number of para-hydroxylation sites is 1. The normalized spacial score (nSPS) is 10.9. The summed E-state index contributed by atoms with van der Waals surface area (Å²) in [5, 5.41) is 2.29. The molecule has 0 atom stereocenters. The molecule has 0 aliphatic rings. The predicted octanol–water partition coefficient (Wildman–Crippen LogP) is 3.01. The quantitative estimate of drug-likeness (QED) is 0.857. The number of hydrogen-bond donors (Lipinski definition) is 1. The summed E-state index contributed by atoms with van der Waals surface area (Å²) in [6.45, 7) is 0. The Kier molecular flexibility index (Phi) is 3.55. The van der Waals surface area contributed by atoms with Crippen LogP contribution in [0.25, 0.3) is 0 Å². The molecule has 0 saturated carbocycles. The molecular weight excluding hydrogens is 277 g/mol. The first-order valence-electron chi connectivity index (χ1n) is 4.70. The van der Waals surface area contributed by atoms with Gasteiger partial charge >= 0.3 is 96.7 Å². The van der Waals surface area contributed by atoms with Crippen LogP contribution in [0.15, 0.2) is 60.7 Å². The maximum atomic E-state index is 3.57. The average Bonchev–Trinajstić information content (AvgIpc) is 2.31. The first-order valence-corrected chi connectivity index (χ1v) is 7.81. The molecule has 0 aliphatic heterocycles. The number of hydrogen-bond acceptors (Lipinski definition) is 1. The van der Waals surface area contributed by atoms with Gasteiger partial charge in [0.05, 0.1) is 0 Å². The predicted molar refractivity (Wildman–Crippen MR) is 62.0 cm³/mol. The van der Waals surface area contributed by atoms with Crippen molar-refractivity contribution in [1.82, 2.24) is 0 Å². The Morgan fingerprint density at radius 1 is 0.800 bits per heavy atom. The summed E-state index contributed by atoms with van der Waals surface area (Å²) in [6.07, 6.45) is 0. The molecule has 0 saturated heterocycles. The molecule has 0 heterocycles. The van der Waals surface area contributed by atoms with Crippen LogP contribution >= 0.6 is 0 Å². The second-order valence-corrected chi connectivity index (χ2v) is 6.33. The van der Waals surface area contributed by atoms with Crippen molar-refractivity contribution in [3.05, 3.63) is 60.7 Å². The van der Waals surface area contributed by atoms with E-state index in [1.165, 1.54) is 9.72 Å². The second kappa shape index (κ2) is 5.12. The number of anilines is 1. The van der Waals surface area contributed by atoms with Crippen molar-refractivity contribution >= 4 is 9.72 Å². The molecule has 0 aliphatic carbocycles. The molecule has 1 N–H and O–H groups in total. The number of nitrogens with one attached hydrogen (secondary N) is 1. The molecule has 0 fully saturated rings. The fourth-order valence-electron chi connectivity index (χ4n) is 1.23. The van der Waals surface area contributed by atoms with Crippen LogP contribution < -0.4 is 7.99 Å². The fraction of sp³-hybridized carbons (Fsp3) is 0.0769. The van der Waals surface area contributed by atoms with Crippen LogP contribution in [-0.4, -0.2) is 0 Å². The van der Waals surface area contributed by atoms with E-state index < -0.39 is 17.0 Å². The van der Waals surface area contributed by atoms with Crippen molar-refractivity contribution < 1.29 is 17.0 Å². The van der Waals surface area contributed by atoms with E-state index in [1.54, 1.807) is 0 Å². The van der Waals surface area contributed by atoms with Crippen molar-refractivity contribution in [3.63, 3.8) is 0 Å². The van der Waals surface area contributed by atoms with Gasteiger partial charge in [0, 0.05) is 0 Å². The average molecular weight is 291 g/mol. The van der Waals surface area contributed by atoms with Crippen molar-refractivity contribution in [1.29, 1.82) is 0 Å². The van der Waals surface area contributed by atoms with Gasteiger partial charge in [-0.05, 0) is 0 Å². The molecule has 0 bridgehead atoms. The molecule has 2 heteroatoms. The third-order valence-corrected chi connectivity index (χ3v) is 4.87. The Morgan fingerprint density at radius 3 is 1.93 bits per heavy atom. The third-order valence-electron chi connectivity index (χ3n) is 1.97. The number of benzene rings is 2. The van der Waals surface area contributed by atoms with Gasteiger partial charge < -0.3 is 0 Å². The monoisotopic (exact) mass is 290 g/mol. The van der Waals surface area contributed by atoms with Crippen LogP contribution in [0.1, 0.15) is 0 Å². The van der Waals surface area contributed by atoms with Gasteiger partial charge in [-0.3, -0.25) is 0 Å². The van der Waals surface area contributed by atoms with E-state index in [1.807, 2.05) is 6.07 Å². The SMILES string of the molecule is [CH3][Pd]([NH]c1ccccc1)[c]1ccccc1. The van der Waals surface area contributed by atoms with E-state index in [2.05, 4.69) is 63.9 Å². The minimum absolute atomic E-state index is 0.817. The standard InChI is InChI=1S/C6H6N.C6H5.CH3.Pd/c7-6-4-2-1-3-5-6;1-2-4-6-5-3-1;;/h1-5,7H;1-5H;1H3;/q-1;;;+1. The Balaban J connectivity index is 2.08. The van der Waals surface area contributed by atoms with Gasteiger partial charge in [0.25, 0.3) is 0 Å². The zero-order valence-electron chi connectivity index (χ0n) is 8.59. The van der Waals surface area contributed by atoms with E-state index in [9.17, 15) is 0 Å². The van der Waals surface area contributed by atoms with Crippen molar-refractivity contribution in [2.24, 2.45) is 0 Å². The van der Waals surface area contributed by atoms with Gasteiger partial charge in [-0.15, -0.1) is 0 Å². The molecule has 2 aromatic rings. The molecule has 15 heavy (non-hydrogen) atoms. The van der Waals surface area contributed by atoms with E-state index in [-0.39, 0.29) is 0 Å². The van der Waals surface area contributed by atoms with E-state index in [0.29, 0.717) is 0 Å². The van der Waals surface area contributed by atoms with E-state index in [4.69, 9.17) is 0 Å². The molecule has 0 amide bonds. The summed E-state index contributed by atoms with van der Waals surface area (Å²) in [5.41, 5.74) is 1.21. The molecule has 2 aromatic carbocycles.